The van der Waals surface area contributed by atoms with E-state index >= 15 is 0 Å². The van der Waals surface area contributed by atoms with E-state index in [1.54, 1.807) is 29.0 Å². The first-order valence-electron chi connectivity index (χ1n) is 13.4. The predicted octanol–water partition coefficient (Wildman–Crippen LogP) is 1.23. The Hall–Kier alpha value is -2.99. The smallest absolute Gasteiger partial charge is 0.350 e. The van der Waals surface area contributed by atoms with Gasteiger partial charge in [0.1, 0.15) is 0 Å². The average Bonchev–Trinajstić information content (AvgIpc) is 2.90. The van der Waals surface area contributed by atoms with Crippen molar-refractivity contribution >= 4 is 17.4 Å². The van der Waals surface area contributed by atoms with E-state index in [4.69, 9.17) is 16.2 Å². The lowest BCUT2D eigenvalue weighted by atomic mass is 10.0. The van der Waals surface area contributed by atoms with Crippen molar-refractivity contribution in [3.05, 3.63) is 40.4 Å². The summed E-state index contributed by atoms with van der Waals surface area (Å²) in [7, 11) is 0. The van der Waals surface area contributed by atoms with Crippen molar-refractivity contribution in [2.45, 2.75) is 44.2 Å². The summed E-state index contributed by atoms with van der Waals surface area (Å²) in [5, 5.41) is 6.16. The van der Waals surface area contributed by atoms with Crippen LogP contribution in [0.4, 0.5) is 11.5 Å². The number of likely N-dealkylation sites (tertiary alicyclic amines) is 2. The average molecular weight is 511 g/mol. The molecule has 3 aliphatic rings. The van der Waals surface area contributed by atoms with Crippen LogP contribution >= 0.6 is 0 Å². The highest BCUT2D eigenvalue weighted by Gasteiger charge is 2.26. The van der Waals surface area contributed by atoms with Gasteiger partial charge in [-0.3, -0.25) is 9.36 Å². The molecule has 11 nitrogen and oxygen atoms in total. The molecule has 6 N–H and O–H groups in total. The number of nitrogens with two attached hydrogens (primary N) is 2. The predicted molar refractivity (Wildman–Crippen MR) is 143 cm³/mol. The van der Waals surface area contributed by atoms with Crippen molar-refractivity contribution in [1.82, 2.24) is 24.7 Å². The fourth-order valence-corrected chi connectivity index (χ4v) is 5.44. The van der Waals surface area contributed by atoms with Crippen LogP contribution in [0, 0.1) is 0 Å². The summed E-state index contributed by atoms with van der Waals surface area (Å²) in [6.07, 6.45) is 6.68. The number of nitrogens with zero attached hydrogens (tertiary/aromatic N) is 4. The number of rotatable bonds is 8. The van der Waals surface area contributed by atoms with E-state index in [-0.39, 0.29) is 23.7 Å². The Kier molecular flexibility index (Phi) is 8.04. The molecule has 37 heavy (non-hydrogen) atoms. The molecule has 0 bridgehead atoms. The zero-order chi connectivity index (χ0) is 25.8. The molecule has 1 atom stereocenters. The Morgan fingerprint density at radius 2 is 1.97 bits per heavy atom. The molecule has 200 valence electrons. The van der Waals surface area contributed by atoms with Gasteiger partial charge in [0, 0.05) is 50.4 Å². The monoisotopic (exact) mass is 510 g/mol. The van der Waals surface area contributed by atoms with E-state index in [1.807, 2.05) is 0 Å². The SMILES string of the molecule is NCCCN1CCC(n2cc3c(nc2=O)Nc2cc(C(=O)NCCN4CCC[C@H](N)C4)ccc2O3)CC1. The van der Waals surface area contributed by atoms with Crippen LogP contribution in [0.15, 0.2) is 29.2 Å². The normalized spacial score (nSPS) is 20.4. The maximum absolute atomic E-state index is 12.9. The molecular formula is C26H38N8O3. The van der Waals surface area contributed by atoms with Crippen molar-refractivity contribution in [2.24, 2.45) is 11.5 Å². The van der Waals surface area contributed by atoms with Gasteiger partial charge in [0.2, 0.25) is 0 Å². The van der Waals surface area contributed by atoms with Gasteiger partial charge in [-0.25, -0.2) is 4.79 Å². The Morgan fingerprint density at radius 3 is 2.76 bits per heavy atom. The first-order valence-corrected chi connectivity index (χ1v) is 13.4. The lowest BCUT2D eigenvalue weighted by Gasteiger charge is -2.33. The van der Waals surface area contributed by atoms with E-state index in [0.29, 0.717) is 41.7 Å². The van der Waals surface area contributed by atoms with E-state index in [0.717, 1.165) is 71.4 Å². The summed E-state index contributed by atoms with van der Waals surface area (Å²) >= 11 is 0. The second-order valence-electron chi connectivity index (χ2n) is 10.3. The number of nitrogens with one attached hydrogen (secondary N) is 2. The summed E-state index contributed by atoms with van der Waals surface area (Å²) < 4.78 is 7.78. The maximum atomic E-state index is 12.9. The molecule has 1 amide bonds. The van der Waals surface area contributed by atoms with Gasteiger partial charge in [-0.1, -0.05) is 0 Å². The second kappa shape index (κ2) is 11.6. The zero-order valence-electron chi connectivity index (χ0n) is 21.3. The minimum absolute atomic E-state index is 0.0937. The fraction of sp³-hybridized carbons (Fsp3) is 0.577. The summed E-state index contributed by atoms with van der Waals surface area (Å²) in [5.74, 6) is 1.32. The summed E-state index contributed by atoms with van der Waals surface area (Å²) in [5.41, 5.74) is 12.5. The number of carbonyl (C=O) groups is 1. The van der Waals surface area contributed by atoms with Crippen molar-refractivity contribution in [3.63, 3.8) is 0 Å². The highest BCUT2D eigenvalue weighted by Crippen LogP contribution is 2.41. The van der Waals surface area contributed by atoms with Gasteiger partial charge >= 0.3 is 5.69 Å². The lowest BCUT2D eigenvalue weighted by Crippen LogP contribution is -2.45. The van der Waals surface area contributed by atoms with E-state index in [2.05, 4.69) is 25.4 Å². The molecule has 0 saturated carbocycles. The molecular weight excluding hydrogens is 472 g/mol. The summed E-state index contributed by atoms with van der Waals surface area (Å²) in [6.45, 7) is 6.80. The highest BCUT2D eigenvalue weighted by atomic mass is 16.5. The molecule has 3 aliphatic heterocycles. The van der Waals surface area contributed by atoms with Gasteiger partial charge in [-0.05, 0) is 69.9 Å². The molecule has 5 rings (SSSR count). The number of hydrogen-bond donors (Lipinski definition) is 4. The van der Waals surface area contributed by atoms with Crippen LogP contribution in [0.1, 0.15) is 48.5 Å². The van der Waals surface area contributed by atoms with E-state index in [1.165, 1.54) is 0 Å². The Morgan fingerprint density at radius 1 is 1.14 bits per heavy atom. The number of piperidine rings is 2. The van der Waals surface area contributed by atoms with E-state index < -0.39 is 0 Å². The molecule has 0 spiro atoms. The number of benzene rings is 1. The van der Waals surface area contributed by atoms with Gasteiger partial charge in [0.15, 0.2) is 17.3 Å². The molecule has 1 aromatic heterocycles. The standard InChI is InChI=1S/C26H38N8O3/c27-8-2-11-32-12-6-20(7-13-32)34-17-23-24(31-26(34)36)30-21-15-18(4-5-22(21)37-23)25(35)29-9-14-33-10-1-3-19(28)16-33/h4-5,15,17,19-20H,1-3,6-14,16,27-28H2,(H,29,35)(H,30,31,36)/t19-/m0/s1. The summed E-state index contributed by atoms with van der Waals surface area (Å²) in [4.78, 5) is 34.5. The minimum Gasteiger partial charge on any atom is -0.450 e. The van der Waals surface area contributed by atoms with Crippen molar-refractivity contribution in [2.75, 3.05) is 57.7 Å². The first-order chi connectivity index (χ1) is 18.0. The number of aromatic nitrogens is 2. The van der Waals surface area contributed by atoms with Gasteiger partial charge in [0.25, 0.3) is 5.91 Å². The summed E-state index contributed by atoms with van der Waals surface area (Å²) in [6, 6.07) is 5.56. The topological polar surface area (TPSA) is 144 Å². The lowest BCUT2D eigenvalue weighted by molar-refractivity contribution is 0.0946. The van der Waals surface area contributed by atoms with Gasteiger partial charge in [-0.15, -0.1) is 0 Å². The number of amides is 1. The number of anilines is 2. The quantitative estimate of drug-likeness (QED) is 0.352. The van der Waals surface area contributed by atoms with Gasteiger partial charge < -0.3 is 36.6 Å². The number of ether oxygens (including phenoxy) is 1. The van der Waals surface area contributed by atoms with E-state index in [9.17, 15) is 9.59 Å². The molecule has 4 heterocycles. The zero-order valence-corrected chi connectivity index (χ0v) is 21.3. The fourth-order valence-electron chi connectivity index (χ4n) is 5.44. The largest absolute Gasteiger partial charge is 0.450 e. The van der Waals surface area contributed by atoms with Crippen molar-refractivity contribution in [1.29, 1.82) is 0 Å². The van der Waals surface area contributed by atoms with Gasteiger partial charge in [0.05, 0.1) is 11.9 Å². The molecule has 2 fully saturated rings. The van der Waals surface area contributed by atoms with Gasteiger partial charge in [-0.2, -0.15) is 4.98 Å². The van der Waals surface area contributed by atoms with Crippen molar-refractivity contribution < 1.29 is 9.53 Å². The molecule has 0 aliphatic carbocycles. The molecule has 0 unspecified atom stereocenters. The van der Waals surface area contributed by atoms with Crippen molar-refractivity contribution in [3.8, 4) is 11.5 Å². The Bertz CT molecular complexity index is 1160. The second-order valence-corrected chi connectivity index (χ2v) is 10.3. The maximum Gasteiger partial charge on any atom is 0.350 e. The van der Waals surface area contributed by atoms with Crippen LogP contribution in [-0.4, -0.2) is 83.7 Å². The van der Waals surface area contributed by atoms with Crippen LogP contribution in [0.3, 0.4) is 0 Å². The molecule has 11 heteroatoms. The van der Waals surface area contributed by atoms with Crippen LogP contribution in [0.25, 0.3) is 0 Å². The minimum atomic E-state index is -0.301. The third-order valence-corrected chi connectivity index (χ3v) is 7.52. The number of fused-ring (bicyclic) bond motifs is 2. The molecule has 2 saturated heterocycles. The van der Waals surface area contributed by atoms with Crippen LogP contribution in [0.5, 0.6) is 11.5 Å². The third-order valence-electron chi connectivity index (χ3n) is 7.52. The number of carbonyl (C=O) groups excluding carboxylic acids is 1. The molecule has 0 radical (unpaired) electrons. The Labute approximate surface area is 217 Å². The first kappa shape index (κ1) is 25.7. The van der Waals surface area contributed by atoms with Crippen LogP contribution < -0.4 is 32.5 Å². The molecule has 1 aromatic carbocycles. The van der Waals surface area contributed by atoms with Crippen LogP contribution in [0.2, 0.25) is 0 Å². The Balaban J connectivity index is 1.20. The number of hydrogen-bond acceptors (Lipinski definition) is 9. The molecule has 2 aromatic rings. The third kappa shape index (κ3) is 6.12. The van der Waals surface area contributed by atoms with Crippen LogP contribution in [-0.2, 0) is 0 Å². The highest BCUT2D eigenvalue weighted by molar-refractivity contribution is 5.96.